The summed E-state index contributed by atoms with van der Waals surface area (Å²) in [7, 11) is 4.44. The fraction of sp³-hybridized carbons (Fsp3) is 0.0357. The molecule has 12 aromatic rings. The summed E-state index contributed by atoms with van der Waals surface area (Å²) in [5.41, 5.74) is 14.9. The first kappa shape index (κ1) is 32.8. The second kappa shape index (κ2) is 12.5. The van der Waals surface area contributed by atoms with Crippen molar-refractivity contribution in [2.45, 2.75) is 0 Å². The summed E-state index contributed by atoms with van der Waals surface area (Å²) in [4.78, 5) is 0. The van der Waals surface area contributed by atoms with Crippen molar-refractivity contribution in [1.29, 1.82) is 0 Å². The lowest BCUT2D eigenvalue weighted by Gasteiger charge is -2.15. The van der Waals surface area contributed by atoms with E-state index in [1.165, 1.54) is 120 Å². The quantitative estimate of drug-likeness (QED) is 0.170. The van der Waals surface area contributed by atoms with Gasteiger partial charge in [0, 0.05) is 57.7 Å². The maximum absolute atomic E-state index is 2.41. The van der Waals surface area contributed by atoms with Crippen molar-refractivity contribution in [3.8, 4) is 44.5 Å². The molecule has 0 fully saturated rings. The molecule has 2 aromatic heterocycles. The van der Waals surface area contributed by atoms with Crippen LogP contribution in [-0.4, -0.2) is 9.13 Å². The molecule has 2 heteroatoms. The Kier molecular flexibility index (Phi) is 7.09. The first-order valence-corrected chi connectivity index (χ1v) is 20.1. The molecule has 0 spiro atoms. The lowest BCUT2D eigenvalue weighted by Crippen LogP contribution is -1.90. The van der Waals surface area contributed by atoms with Crippen LogP contribution in [0.1, 0.15) is 0 Å². The van der Waals surface area contributed by atoms with E-state index in [0.29, 0.717) is 0 Å². The van der Waals surface area contributed by atoms with Crippen molar-refractivity contribution in [2.24, 2.45) is 14.1 Å². The highest BCUT2D eigenvalue weighted by atomic mass is 14.9. The average molecular weight is 739 g/mol. The minimum absolute atomic E-state index is 1.23. The highest BCUT2D eigenvalue weighted by Gasteiger charge is 2.20. The molecule has 0 saturated carbocycles. The number of rotatable bonds is 4. The summed E-state index contributed by atoms with van der Waals surface area (Å²) in [5, 5.41) is 12.8. The van der Waals surface area contributed by atoms with E-state index in [2.05, 4.69) is 217 Å². The summed E-state index contributed by atoms with van der Waals surface area (Å²) in [6.07, 6.45) is 0. The van der Waals surface area contributed by atoms with E-state index in [1.807, 2.05) is 0 Å². The van der Waals surface area contributed by atoms with Crippen LogP contribution in [-0.2, 0) is 14.1 Å². The number of fused-ring (bicyclic) bond motifs is 11. The van der Waals surface area contributed by atoms with E-state index in [1.54, 1.807) is 0 Å². The van der Waals surface area contributed by atoms with E-state index in [9.17, 15) is 0 Å². The van der Waals surface area contributed by atoms with Crippen molar-refractivity contribution >= 4 is 75.9 Å². The lowest BCUT2D eigenvalue weighted by atomic mass is 9.89. The van der Waals surface area contributed by atoms with Gasteiger partial charge in [-0.25, -0.2) is 0 Å². The van der Waals surface area contributed by atoms with Crippen LogP contribution in [0.4, 0.5) is 0 Å². The molecule has 58 heavy (non-hydrogen) atoms. The summed E-state index contributed by atoms with van der Waals surface area (Å²) < 4.78 is 4.77. The van der Waals surface area contributed by atoms with Gasteiger partial charge in [-0.15, -0.1) is 0 Å². The van der Waals surface area contributed by atoms with Gasteiger partial charge in [0.15, 0.2) is 0 Å². The average Bonchev–Trinajstić information content (AvgIpc) is 3.75. The standard InChI is InChI=1S/C56H38N2/c1-57-49-31-29-46-45(55(49)47-27-23-39(33-51(47)57)53-41-19-11-9-17-37(41)21-25-43(53)35-13-5-3-6-14-35)30-32-50-56(46)48-28-24-40(34-52(48)58(50)2)54-42-20-12-10-18-38(42)22-26-44(54)36-15-7-4-8-16-36/h3-34H,1-2H3. The highest BCUT2D eigenvalue weighted by molar-refractivity contribution is 6.29. The predicted molar refractivity (Wildman–Crippen MR) is 249 cm³/mol. The number of hydrogen-bond acceptors (Lipinski definition) is 0. The molecule has 0 aliphatic rings. The normalized spacial score (nSPS) is 12.0. The van der Waals surface area contributed by atoms with Gasteiger partial charge >= 0.3 is 0 Å². The van der Waals surface area contributed by atoms with Gasteiger partial charge in [-0.05, 0) is 101 Å². The van der Waals surface area contributed by atoms with Crippen LogP contribution < -0.4 is 0 Å². The minimum Gasteiger partial charge on any atom is -0.344 e. The Morgan fingerprint density at radius 3 is 1.12 bits per heavy atom. The van der Waals surface area contributed by atoms with Crippen LogP contribution in [0, 0.1) is 0 Å². The third-order valence-electron chi connectivity index (χ3n) is 12.7. The zero-order chi connectivity index (χ0) is 38.5. The zero-order valence-corrected chi connectivity index (χ0v) is 32.4. The molecular weight excluding hydrogens is 701 g/mol. The molecule has 0 N–H and O–H groups in total. The predicted octanol–water partition coefficient (Wildman–Crippen LogP) is 15.1. The molecule has 2 nitrogen and oxygen atoms in total. The number of aromatic nitrogens is 2. The minimum atomic E-state index is 1.23. The Morgan fingerprint density at radius 1 is 0.276 bits per heavy atom. The van der Waals surface area contributed by atoms with Crippen LogP contribution in [0.5, 0.6) is 0 Å². The Hall–Kier alpha value is -7.42. The summed E-state index contributed by atoms with van der Waals surface area (Å²) in [6.45, 7) is 0. The summed E-state index contributed by atoms with van der Waals surface area (Å²) in [6, 6.07) is 71.8. The van der Waals surface area contributed by atoms with Crippen molar-refractivity contribution in [3.63, 3.8) is 0 Å². The molecule has 0 bridgehead atoms. The van der Waals surface area contributed by atoms with E-state index in [-0.39, 0.29) is 0 Å². The number of hydrogen-bond donors (Lipinski definition) is 0. The Balaban J connectivity index is 1.07. The first-order chi connectivity index (χ1) is 28.6. The molecule has 0 radical (unpaired) electrons. The molecule has 0 amide bonds. The van der Waals surface area contributed by atoms with Gasteiger partial charge in [-0.2, -0.15) is 0 Å². The van der Waals surface area contributed by atoms with E-state index >= 15 is 0 Å². The molecule has 0 unspecified atom stereocenters. The fourth-order valence-electron chi connectivity index (χ4n) is 10.0. The van der Waals surface area contributed by atoms with Crippen molar-refractivity contribution in [3.05, 3.63) is 194 Å². The first-order valence-electron chi connectivity index (χ1n) is 20.1. The van der Waals surface area contributed by atoms with E-state index in [4.69, 9.17) is 0 Å². The molecule has 10 aromatic carbocycles. The largest absolute Gasteiger partial charge is 0.344 e. The Bertz CT molecular complexity index is 3380. The van der Waals surface area contributed by atoms with Crippen LogP contribution >= 0.6 is 0 Å². The number of aryl methyl sites for hydroxylation is 2. The molecule has 0 atom stereocenters. The SMILES string of the molecule is Cn1c2cc(-c3c(-c4ccccc4)ccc4ccccc34)ccc2c2c3ccc4c(c3ccc21)c1ccc(-c2c(-c3ccccc3)ccc3ccccc23)cc1n4C. The van der Waals surface area contributed by atoms with Crippen molar-refractivity contribution in [1.82, 2.24) is 9.13 Å². The third-order valence-corrected chi connectivity index (χ3v) is 12.7. The Labute approximate surface area is 336 Å². The van der Waals surface area contributed by atoms with Crippen LogP contribution in [0.3, 0.4) is 0 Å². The van der Waals surface area contributed by atoms with E-state index < -0.39 is 0 Å². The van der Waals surface area contributed by atoms with Gasteiger partial charge in [0.25, 0.3) is 0 Å². The molecule has 2 heterocycles. The van der Waals surface area contributed by atoms with Gasteiger partial charge in [0.2, 0.25) is 0 Å². The molecular formula is C56H38N2. The van der Waals surface area contributed by atoms with Gasteiger partial charge in [0.05, 0.1) is 0 Å². The number of nitrogens with zero attached hydrogens (tertiary/aromatic N) is 2. The van der Waals surface area contributed by atoms with Crippen molar-refractivity contribution in [2.75, 3.05) is 0 Å². The second-order valence-electron chi connectivity index (χ2n) is 15.7. The molecule has 12 rings (SSSR count). The second-order valence-corrected chi connectivity index (χ2v) is 15.7. The van der Waals surface area contributed by atoms with Gasteiger partial charge in [-0.3, -0.25) is 0 Å². The van der Waals surface area contributed by atoms with Gasteiger partial charge in [-0.1, -0.05) is 170 Å². The van der Waals surface area contributed by atoms with Gasteiger partial charge < -0.3 is 9.13 Å². The van der Waals surface area contributed by atoms with Gasteiger partial charge in [0.1, 0.15) is 0 Å². The highest BCUT2D eigenvalue weighted by Crippen LogP contribution is 2.45. The maximum atomic E-state index is 2.41. The smallest absolute Gasteiger partial charge is 0.0495 e. The van der Waals surface area contributed by atoms with Crippen LogP contribution in [0.15, 0.2) is 194 Å². The summed E-state index contributed by atoms with van der Waals surface area (Å²) >= 11 is 0. The Morgan fingerprint density at radius 2 is 0.672 bits per heavy atom. The number of benzene rings is 10. The monoisotopic (exact) mass is 738 g/mol. The van der Waals surface area contributed by atoms with Crippen molar-refractivity contribution < 1.29 is 0 Å². The topological polar surface area (TPSA) is 9.86 Å². The lowest BCUT2D eigenvalue weighted by molar-refractivity contribution is 1.01. The zero-order valence-electron chi connectivity index (χ0n) is 32.4. The molecule has 0 saturated heterocycles. The molecule has 272 valence electrons. The van der Waals surface area contributed by atoms with E-state index in [0.717, 1.165) is 0 Å². The summed E-state index contributed by atoms with van der Waals surface area (Å²) in [5.74, 6) is 0. The van der Waals surface area contributed by atoms with Crippen LogP contribution in [0.2, 0.25) is 0 Å². The molecule has 0 aliphatic heterocycles. The third kappa shape index (κ3) is 4.72. The maximum Gasteiger partial charge on any atom is 0.0495 e. The molecule has 0 aliphatic carbocycles. The van der Waals surface area contributed by atoms with Crippen LogP contribution in [0.25, 0.3) is 120 Å². The fourth-order valence-corrected chi connectivity index (χ4v) is 10.0.